The highest BCUT2D eigenvalue weighted by Crippen LogP contribution is 2.37. The van der Waals surface area contributed by atoms with Crippen molar-refractivity contribution >= 4 is 17.7 Å². The number of pyridine rings is 1. The highest BCUT2D eigenvalue weighted by molar-refractivity contribution is 5.64. The molecule has 2 aromatic rings. The SMILES string of the molecule is C[C@@H]1CN(c2nc(-c3cnc(N)cc3C(F)(F)F)nc(N3C[C@@H]4OCCO[C@@H]4C3)n2)C[C@H](C)O1. The minimum Gasteiger partial charge on any atom is -0.384 e. The molecular formula is C21H26F3N7O3. The van der Waals surface area contributed by atoms with E-state index in [1.807, 2.05) is 23.6 Å². The van der Waals surface area contributed by atoms with Gasteiger partial charge in [0, 0.05) is 32.4 Å². The largest absolute Gasteiger partial charge is 0.417 e. The Morgan fingerprint density at radius 3 is 2.03 bits per heavy atom. The molecule has 0 spiro atoms. The van der Waals surface area contributed by atoms with Crippen LogP contribution in [0.4, 0.5) is 30.9 Å². The van der Waals surface area contributed by atoms with Gasteiger partial charge < -0.3 is 29.7 Å². The smallest absolute Gasteiger partial charge is 0.384 e. The predicted octanol–water partition coefficient (Wildman–Crippen LogP) is 1.75. The molecule has 10 nitrogen and oxygen atoms in total. The molecule has 0 radical (unpaired) electrons. The lowest BCUT2D eigenvalue weighted by molar-refractivity contribution is -0.137. The van der Waals surface area contributed by atoms with Gasteiger partial charge in [-0.3, -0.25) is 0 Å². The van der Waals surface area contributed by atoms with Gasteiger partial charge in [0.2, 0.25) is 11.9 Å². The van der Waals surface area contributed by atoms with Crippen LogP contribution >= 0.6 is 0 Å². The summed E-state index contributed by atoms with van der Waals surface area (Å²) in [6, 6.07) is 0.795. The second-order valence-electron chi connectivity index (χ2n) is 8.80. The average molecular weight is 481 g/mol. The fourth-order valence-corrected chi connectivity index (χ4v) is 4.61. The molecular weight excluding hydrogens is 455 g/mol. The Labute approximate surface area is 194 Å². The number of alkyl halides is 3. The van der Waals surface area contributed by atoms with Crippen molar-refractivity contribution in [1.29, 1.82) is 0 Å². The van der Waals surface area contributed by atoms with E-state index in [9.17, 15) is 13.2 Å². The number of ether oxygens (including phenoxy) is 3. The van der Waals surface area contributed by atoms with Gasteiger partial charge in [-0.25, -0.2) is 4.98 Å². The van der Waals surface area contributed by atoms with Crippen LogP contribution in [0.5, 0.6) is 0 Å². The minimum atomic E-state index is -4.66. The van der Waals surface area contributed by atoms with E-state index < -0.39 is 11.7 Å². The highest BCUT2D eigenvalue weighted by Gasteiger charge is 2.39. The average Bonchev–Trinajstić information content (AvgIpc) is 3.22. The molecule has 2 N–H and O–H groups in total. The summed E-state index contributed by atoms with van der Waals surface area (Å²) in [4.78, 5) is 21.2. The molecule has 5 rings (SSSR count). The highest BCUT2D eigenvalue weighted by atomic mass is 19.4. The number of aromatic nitrogens is 4. The second kappa shape index (κ2) is 8.78. The van der Waals surface area contributed by atoms with Crippen molar-refractivity contribution < 1.29 is 27.4 Å². The topological polar surface area (TPSA) is 112 Å². The van der Waals surface area contributed by atoms with Gasteiger partial charge in [0.1, 0.15) is 18.0 Å². The Balaban J connectivity index is 1.59. The number of hydrogen-bond acceptors (Lipinski definition) is 10. The van der Waals surface area contributed by atoms with Crippen molar-refractivity contribution in [3.63, 3.8) is 0 Å². The van der Waals surface area contributed by atoms with Crippen molar-refractivity contribution in [3.05, 3.63) is 17.8 Å². The summed E-state index contributed by atoms with van der Waals surface area (Å²) < 4.78 is 58.9. The number of hydrogen-bond donors (Lipinski definition) is 1. The second-order valence-corrected chi connectivity index (χ2v) is 8.80. The Kier molecular flexibility index (Phi) is 5.94. The summed E-state index contributed by atoms with van der Waals surface area (Å²) in [6.07, 6.45) is -4.08. The number of nitrogens with two attached hydrogens (primary N) is 1. The van der Waals surface area contributed by atoms with Crippen LogP contribution in [0.15, 0.2) is 12.3 Å². The Bertz CT molecular complexity index is 1030. The molecule has 0 amide bonds. The molecule has 5 heterocycles. The van der Waals surface area contributed by atoms with Gasteiger partial charge in [-0.15, -0.1) is 0 Å². The van der Waals surface area contributed by atoms with Crippen molar-refractivity contribution in [3.8, 4) is 11.4 Å². The summed E-state index contributed by atoms with van der Waals surface area (Å²) in [6.45, 7) is 6.78. The van der Waals surface area contributed by atoms with Crippen LogP contribution in [0.3, 0.4) is 0 Å². The lowest BCUT2D eigenvalue weighted by Crippen LogP contribution is -2.46. The van der Waals surface area contributed by atoms with E-state index in [2.05, 4.69) is 19.9 Å². The fourth-order valence-electron chi connectivity index (χ4n) is 4.61. The predicted molar refractivity (Wildman–Crippen MR) is 116 cm³/mol. The number of nitrogen functional groups attached to an aromatic ring is 1. The fraction of sp³-hybridized carbons (Fsp3) is 0.619. The lowest BCUT2D eigenvalue weighted by Gasteiger charge is -2.35. The van der Waals surface area contributed by atoms with E-state index in [1.54, 1.807) is 0 Å². The first kappa shape index (κ1) is 23.0. The minimum absolute atomic E-state index is 0.0900. The zero-order valence-electron chi connectivity index (χ0n) is 18.8. The lowest BCUT2D eigenvalue weighted by atomic mass is 10.1. The summed E-state index contributed by atoms with van der Waals surface area (Å²) in [7, 11) is 0. The van der Waals surface area contributed by atoms with Crippen molar-refractivity contribution in [2.24, 2.45) is 0 Å². The Morgan fingerprint density at radius 1 is 0.912 bits per heavy atom. The third kappa shape index (κ3) is 4.59. The maximum Gasteiger partial charge on any atom is 0.417 e. The van der Waals surface area contributed by atoms with Crippen LogP contribution < -0.4 is 15.5 Å². The van der Waals surface area contributed by atoms with Gasteiger partial charge in [0.05, 0.1) is 36.5 Å². The molecule has 3 aliphatic rings. The number of fused-ring (bicyclic) bond motifs is 1. The van der Waals surface area contributed by atoms with Gasteiger partial charge in [-0.1, -0.05) is 0 Å². The van der Waals surface area contributed by atoms with E-state index in [0.29, 0.717) is 39.4 Å². The summed E-state index contributed by atoms with van der Waals surface area (Å²) in [5.74, 6) is 0.185. The molecule has 4 atom stereocenters. The van der Waals surface area contributed by atoms with Crippen molar-refractivity contribution in [2.75, 3.05) is 54.9 Å². The van der Waals surface area contributed by atoms with Crippen molar-refractivity contribution in [2.45, 2.75) is 44.4 Å². The Morgan fingerprint density at radius 2 is 1.47 bits per heavy atom. The molecule has 0 unspecified atom stereocenters. The van der Waals surface area contributed by atoms with E-state index in [4.69, 9.17) is 19.9 Å². The maximum atomic E-state index is 13.8. The monoisotopic (exact) mass is 481 g/mol. The molecule has 0 aromatic carbocycles. The van der Waals surface area contributed by atoms with E-state index >= 15 is 0 Å². The van der Waals surface area contributed by atoms with E-state index in [-0.39, 0.29) is 53.5 Å². The maximum absolute atomic E-state index is 13.8. The third-order valence-electron chi connectivity index (χ3n) is 6.03. The molecule has 2 aromatic heterocycles. The first-order chi connectivity index (χ1) is 16.2. The number of rotatable bonds is 3. The number of nitrogens with zero attached hydrogens (tertiary/aromatic N) is 6. The zero-order valence-corrected chi connectivity index (χ0v) is 18.8. The van der Waals surface area contributed by atoms with Crippen molar-refractivity contribution in [1.82, 2.24) is 19.9 Å². The van der Waals surface area contributed by atoms with Gasteiger partial charge >= 0.3 is 6.18 Å². The standard InChI is InChI=1S/C21H26F3N7O3/c1-11-7-30(8-12(2)34-11)19-27-18(13-6-26-17(25)5-14(13)21(22,23)24)28-20(29-19)31-9-15-16(10-31)33-4-3-32-15/h5-6,11-12,15-16H,3-4,7-10H2,1-2H3,(H2,25,26)/t11-,12+,15-,16+. The molecule has 184 valence electrons. The first-order valence-corrected chi connectivity index (χ1v) is 11.1. The zero-order chi connectivity index (χ0) is 24.0. The van der Waals surface area contributed by atoms with Crippen LogP contribution in [0, 0.1) is 0 Å². The van der Waals surface area contributed by atoms with Crippen LogP contribution in [0.1, 0.15) is 19.4 Å². The molecule has 0 bridgehead atoms. The summed E-state index contributed by atoms with van der Waals surface area (Å²) in [5.41, 5.74) is 4.34. The molecule has 0 aliphatic carbocycles. The van der Waals surface area contributed by atoms with Crippen LogP contribution in [0.25, 0.3) is 11.4 Å². The van der Waals surface area contributed by atoms with Gasteiger partial charge in [-0.05, 0) is 19.9 Å². The number of morpholine rings is 1. The molecule has 34 heavy (non-hydrogen) atoms. The van der Waals surface area contributed by atoms with Gasteiger partial charge in [0.25, 0.3) is 0 Å². The van der Waals surface area contributed by atoms with Gasteiger partial charge in [-0.2, -0.15) is 28.1 Å². The Hall–Kier alpha value is -2.77. The number of halogens is 3. The van der Waals surface area contributed by atoms with E-state index in [1.165, 1.54) is 0 Å². The summed E-state index contributed by atoms with van der Waals surface area (Å²) >= 11 is 0. The third-order valence-corrected chi connectivity index (χ3v) is 6.03. The van der Waals surface area contributed by atoms with Crippen LogP contribution in [0.2, 0.25) is 0 Å². The molecule has 3 aliphatic heterocycles. The van der Waals surface area contributed by atoms with Gasteiger partial charge in [0.15, 0.2) is 5.82 Å². The number of anilines is 3. The molecule has 13 heteroatoms. The quantitative estimate of drug-likeness (QED) is 0.696. The van der Waals surface area contributed by atoms with Crippen LogP contribution in [-0.4, -0.2) is 83.7 Å². The molecule has 3 fully saturated rings. The summed E-state index contributed by atoms with van der Waals surface area (Å²) in [5, 5.41) is 0. The molecule has 0 saturated carbocycles. The normalized spacial score (nSPS) is 27.7. The van der Waals surface area contributed by atoms with E-state index in [0.717, 1.165) is 12.3 Å². The molecule has 3 saturated heterocycles. The first-order valence-electron chi connectivity index (χ1n) is 11.1. The van der Waals surface area contributed by atoms with Crippen LogP contribution in [-0.2, 0) is 20.4 Å².